The number of carbonyl (C=O) groups excluding carboxylic acids is 1. The first-order valence-electron chi connectivity index (χ1n) is 7.12. The molecule has 0 aliphatic heterocycles. The zero-order valence-electron chi connectivity index (χ0n) is 12.4. The summed E-state index contributed by atoms with van der Waals surface area (Å²) < 4.78 is 10.7. The van der Waals surface area contributed by atoms with Crippen molar-refractivity contribution in [3.8, 4) is 11.5 Å². The molecule has 0 unspecified atom stereocenters. The van der Waals surface area contributed by atoms with Crippen molar-refractivity contribution >= 4 is 5.91 Å². The molecule has 0 fully saturated rings. The van der Waals surface area contributed by atoms with E-state index in [2.05, 4.69) is 29.4 Å². The average Bonchev–Trinajstić information content (AvgIpc) is 3.11. The van der Waals surface area contributed by atoms with Crippen LogP contribution in [0.2, 0.25) is 0 Å². The fourth-order valence-electron chi connectivity index (χ4n) is 1.78. The van der Waals surface area contributed by atoms with Crippen molar-refractivity contribution in [1.82, 2.24) is 15.5 Å². The summed E-state index contributed by atoms with van der Waals surface area (Å²) in [5, 5.41) is 9.58. The summed E-state index contributed by atoms with van der Waals surface area (Å²) in [7, 11) is 0. The van der Waals surface area contributed by atoms with Gasteiger partial charge in [-0.1, -0.05) is 13.8 Å². The van der Waals surface area contributed by atoms with Gasteiger partial charge in [0.2, 0.25) is 0 Å². The van der Waals surface area contributed by atoms with Crippen molar-refractivity contribution in [1.29, 1.82) is 0 Å². The van der Waals surface area contributed by atoms with Gasteiger partial charge in [0.1, 0.15) is 5.69 Å². The van der Waals surface area contributed by atoms with Gasteiger partial charge in [0.05, 0.1) is 6.26 Å². The maximum absolute atomic E-state index is 11.9. The van der Waals surface area contributed by atoms with E-state index in [4.69, 9.17) is 9.15 Å². The molecule has 0 radical (unpaired) electrons. The number of furan rings is 1. The molecular weight excluding hydrogens is 270 g/mol. The fraction of sp³-hybridized carbons (Fsp3) is 0.467. The molecule has 6 nitrogen and oxygen atoms in total. The molecule has 2 aromatic heterocycles. The minimum atomic E-state index is -0.201. The van der Waals surface area contributed by atoms with Crippen LogP contribution in [-0.2, 0) is 4.74 Å². The maximum atomic E-state index is 11.9. The van der Waals surface area contributed by atoms with E-state index in [1.807, 2.05) is 0 Å². The van der Waals surface area contributed by atoms with Crippen LogP contribution in [0.3, 0.4) is 0 Å². The molecule has 0 aliphatic rings. The number of H-pyrrole nitrogens is 1. The zero-order valence-corrected chi connectivity index (χ0v) is 12.4. The Balaban J connectivity index is 1.71. The van der Waals surface area contributed by atoms with Gasteiger partial charge >= 0.3 is 0 Å². The van der Waals surface area contributed by atoms with E-state index in [1.54, 1.807) is 24.5 Å². The molecule has 0 saturated heterocycles. The number of carbonyl (C=O) groups is 1. The lowest BCUT2D eigenvalue weighted by molar-refractivity contribution is 0.0920. The van der Waals surface area contributed by atoms with Crippen LogP contribution in [0.1, 0.15) is 30.8 Å². The molecule has 0 bridgehead atoms. The Morgan fingerprint density at radius 2 is 2.38 bits per heavy atom. The minimum Gasteiger partial charge on any atom is -0.463 e. The molecule has 0 spiro atoms. The summed E-state index contributed by atoms with van der Waals surface area (Å²) in [4.78, 5) is 11.9. The summed E-state index contributed by atoms with van der Waals surface area (Å²) >= 11 is 0. The highest BCUT2D eigenvalue weighted by molar-refractivity contribution is 5.93. The second kappa shape index (κ2) is 7.64. The van der Waals surface area contributed by atoms with E-state index in [9.17, 15) is 4.79 Å². The molecular formula is C15H21N3O3. The van der Waals surface area contributed by atoms with Crippen LogP contribution < -0.4 is 5.32 Å². The molecule has 1 amide bonds. The van der Waals surface area contributed by atoms with Gasteiger partial charge in [0.25, 0.3) is 5.91 Å². The van der Waals surface area contributed by atoms with Crippen LogP contribution >= 0.6 is 0 Å². The number of ether oxygens (including phenoxy) is 1. The lowest BCUT2D eigenvalue weighted by atomic mass is 10.2. The Kier molecular flexibility index (Phi) is 5.57. The molecule has 2 heterocycles. The largest absolute Gasteiger partial charge is 0.463 e. The maximum Gasteiger partial charge on any atom is 0.271 e. The Morgan fingerprint density at radius 1 is 1.52 bits per heavy atom. The SMILES string of the molecule is CC(C)COCCCNC(=O)c1cc(-c2ccco2)[nH]n1. The van der Waals surface area contributed by atoms with Crippen LogP contribution in [0.15, 0.2) is 28.9 Å². The first-order valence-corrected chi connectivity index (χ1v) is 7.12. The summed E-state index contributed by atoms with van der Waals surface area (Å²) in [6, 6.07) is 5.26. The van der Waals surface area contributed by atoms with Gasteiger partial charge in [-0.05, 0) is 24.5 Å². The molecule has 6 heteroatoms. The van der Waals surface area contributed by atoms with Crippen molar-refractivity contribution in [2.24, 2.45) is 5.92 Å². The molecule has 0 aliphatic carbocycles. The molecule has 0 aromatic carbocycles. The summed E-state index contributed by atoms with van der Waals surface area (Å²) in [5.74, 6) is 0.986. The average molecular weight is 291 g/mol. The summed E-state index contributed by atoms with van der Waals surface area (Å²) in [6.07, 6.45) is 2.36. The van der Waals surface area contributed by atoms with Gasteiger partial charge in [-0.2, -0.15) is 5.10 Å². The third kappa shape index (κ3) is 4.75. The van der Waals surface area contributed by atoms with Crippen LogP contribution in [0, 0.1) is 5.92 Å². The number of hydrogen-bond donors (Lipinski definition) is 2. The van der Waals surface area contributed by atoms with E-state index in [0.29, 0.717) is 36.2 Å². The monoisotopic (exact) mass is 291 g/mol. The topological polar surface area (TPSA) is 80.1 Å². The van der Waals surface area contributed by atoms with Gasteiger partial charge in [0, 0.05) is 25.8 Å². The highest BCUT2D eigenvalue weighted by atomic mass is 16.5. The number of rotatable bonds is 8. The number of nitrogens with zero attached hydrogens (tertiary/aromatic N) is 1. The second-order valence-electron chi connectivity index (χ2n) is 5.22. The molecule has 21 heavy (non-hydrogen) atoms. The molecule has 2 N–H and O–H groups in total. The van der Waals surface area contributed by atoms with Crippen molar-refractivity contribution < 1.29 is 13.9 Å². The standard InChI is InChI=1S/C15H21N3O3/c1-11(2)10-20-7-4-6-16-15(19)13-9-12(17-18-13)14-5-3-8-21-14/h3,5,8-9,11H,4,6-7,10H2,1-2H3,(H,16,19)(H,17,18). The normalized spacial score (nSPS) is 11.0. The summed E-state index contributed by atoms with van der Waals surface area (Å²) in [5.41, 5.74) is 1.04. The van der Waals surface area contributed by atoms with E-state index in [0.717, 1.165) is 13.0 Å². The van der Waals surface area contributed by atoms with Crippen molar-refractivity contribution in [2.75, 3.05) is 19.8 Å². The van der Waals surface area contributed by atoms with Gasteiger partial charge in [-0.25, -0.2) is 0 Å². The Morgan fingerprint density at radius 3 is 3.10 bits per heavy atom. The van der Waals surface area contributed by atoms with Crippen LogP contribution in [0.4, 0.5) is 0 Å². The number of aromatic amines is 1. The Labute approximate surface area is 123 Å². The van der Waals surface area contributed by atoms with E-state index >= 15 is 0 Å². The highest BCUT2D eigenvalue weighted by Gasteiger charge is 2.11. The predicted octanol–water partition coefficient (Wildman–Crippen LogP) is 2.46. The van der Waals surface area contributed by atoms with Gasteiger partial charge < -0.3 is 14.5 Å². The Hall–Kier alpha value is -2.08. The molecule has 0 saturated carbocycles. The first-order chi connectivity index (χ1) is 10.2. The quantitative estimate of drug-likeness (QED) is 0.732. The third-order valence-corrected chi connectivity index (χ3v) is 2.80. The predicted molar refractivity (Wildman–Crippen MR) is 78.9 cm³/mol. The number of hydrogen-bond acceptors (Lipinski definition) is 4. The van der Waals surface area contributed by atoms with E-state index in [1.165, 1.54) is 0 Å². The summed E-state index contributed by atoms with van der Waals surface area (Å²) in [6.45, 7) is 6.18. The van der Waals surface area contributed by atoms with Gasteiger partial charge in [0.15, 0.2) is 11.5 Å². The van der Waals surface area contributed by atoms with Crippen molar-refractivity contribution in [3.05, 3.63) is 30.2 Å². The highest BCUT2D eigenvalue weighted by Crippen LogP contribution is 2.17. The lowest BCUT2D eigenvalue weighted by Gasteiger charge is -2.06. The molecule has 0 atom stereocenters. The molecule has 114 valence electrons. The smallest absolute Gasteiger partial charge is 0.271 e. The van der Waals surface area contributed by atoms with Gasteiger partial charge in [-0.3, -0.25) is 9.89 Å². The third-order valence-electron chi connectivity index (χ3n) is 2.80. The number of amides is 1. The Bertz CT molecular complexity index is 546. The fourth-order valence-corrected chi connectivity index (χ4v) is 1.78. The van der Waals surface area contributed by atoms with Crippen LogP contribution in [-0.4, -0.2) is 35.9 Å². The van der Waals surface area contributed by atoms with E-state index in [-0.39, 0.29) is 5.91 Å². The zero-order chi connectivity index (χ0) is 15.1. The van der Waals surface area contributed by atoms with Crippen LogP contribution in [0.25, 0.3) is 11.5 Å². The second-order valence-corrected chi connectivity index (χ2v) is 5.22. The van der Waals surface area contributed by atoms with Crippen LogP contribution in [0.5, 0.6) is 0 Å². The van der Waals surface area contributed by atoms with E-state index < -0.39 is 0 Å². The van der Waals surface area contributed by atoms with Crippen molar-refractivity contribution in [2.45, 2.75) is 20.3 Å². The molecule has 2 rings (SSSR count). The number of aromatic nitrogens is 2. The minimum absolute atomic E-state index is 0.201. The molecule has 2 aromatic rings. The first kappa shape index (κ1) is 15.3. The number of nitrogens with one attached hydrogen (secondary N) is 2. The van der Waals surface area contributed by atoms with Crippen molar-refractivity contribution in [3.63, 3.8) is 0 Å². The van der Waals surface area contributed by atoms with Gasteiger partial charge in [-0.15, -0.1) is 0 Å². The lowest BCUT2D eigenvalue weighted by Crippen LogP contribution is -2.25.